The molecule has 2 N–H and O–H groups in total. The minimum Gasteiger partial charge on any atom is -0.496 e. The molecule has 0 bridgehead atoms. The van der Waals surface area contributed by atoms with E-state index in [0.717, 1.165) is 73.1 Å². The quantitative estimate of drug-likeness (QED) is 0.253. The number of carbonyl (C=O) groups is 1. The van der Waals surface area contributed by atoms with Crippen LogP contribution in [0.4, 0.5) is 0 Å². The molecule has 6 aromatic rings. The number of nitrogens with one attached hydrogen (secondary N) is 2. The maximum Gasteiger partial charge on any atom is 0.254 e. The summed E-state index contributed by atoms with van der Waals surface area (Å²) in [6, 6.07) is 16.2. The summed E-state index contributed by atoms with van der Waals surface area (Å²) in [5.41, 5.74) is 6.57. The molecule has 7 rings (SSSR count). The van der Waals surface area contributed by atoms with Gasteiger partial charge < -0.3 is 24.5 Å². The van der Waals surface area contributed by atoms with Crippen LogP contribution in [0.25, 0.3) is 55.1 Å². The van der Waals surface area contributed by atoms with Crippen LogP contribution in [0.5, 0.6) is 5.75 Å². The summed E-state index contributed by atoms with van der Waals surface area (Å²) in [6.07, 6.45) is 0. The van der Waals surface area contributed by atoms with Gasteiger partial charge in [0, 0.05) is 52.8 Å². The lowest BCUT2D eigenvalue weighted by atomic mass is 9.94. The van der Waals surface area contributed by atoms with E-state index in [1.54, 1.807) is 7.11 Å². The Morgan fingerprint density at radius 1 is 1.00 bits per heavy atom. The van der Waals surface area contributed by atoms with Crippen LogP contribution in [0.1, 0.15) is 41.5 Å². The first-order valence-electron chi connectivity index (χ1n) is 14.5. The van der Waals surface area contributed by atoms with E-state index in [2.05, 4.69) is 41.4 Å². The van der Waals surface area contributed by atoms with Crippen LogP contribution >= 0.6 is 0 Å². The van der Waals surface area contributed by atoms with Gasteiger partial charge in [-0.05, 0) is 63.6 Å². The molecule has 0 aliphatic carbocycles. The highest BCUT2D eigenvalue weighted by atomic mass is 16.5. The fourth-order valence-electron chi connectivity index (χ4n) is 6.54. The molecule has 0 unspecified atom stereocenters. The normalized spacial score (nSPS) is 15.1. The van der Waals surface area contributed by atoms with Gasteiger partial charge in [-0.1, -0.05) is 35.5 Å². The maximum absolute atomic E-state index is 13.8. The van der Waals surface area contributed by atoms with Crippen molar-refractivity contribution in [2.75, 3.05) is 26.7 Å². The number of aryl methyl sites for hydroxylation is 3. The molecule has 1 saturated heterocycles. The number of aromatic nitrogens is 4. The van der Waals surface area contributed by atoms with E-state index in [9.17, 15) is 4.79 Å². The largest absolute Gasteiger partial charge is 0.496 e. The highest BCUT2D eigenvalue weighted by Gasteiger charge is 2.30. The number of benzene rings is 3. The number of amides is 1. The molecule has 0 spiro atoms. The topological polar surface area (TPSA) is 109 Å². The first kappa shape index (κ1) is 27.1. The van der Waals surface area contributed by atoms with E-state index < -0.39 is 0 Å². The Kier molecular flexibility index (Phi) is 6.25. The molecule has 0 saturated carbocycles. The smallest absolute Gasteiger partial charge is 0.254 e. The molecule has 1 amide bonds. The molecule has 9 nitrogen and oxygen atoms in total. The van der Waals surface area contributed by atoms with Gasteiger partial charge in [0.1, 0.15) is 23.0 Å². The standard InChI is InChI=1S/C34H34N6O3/c1-18-29(19(2)43-39-18)26-15-27-25(16-28(26)42-6)30-31(36-20(3)37-32(30)38-27)23-11-12-24(22-10-8-7-9-21(22)23)33(41)40-14-13-35-34(4,5)17-40/h7-12,15-16,35H,13-14,17H2,1-6H3,(H,36,37,38). The summed E-state index contributed by atoms with van der Waals surface area (Å²) in [6.45, 7) is 12.1. The number of hydrogen-bond acceptors (Lipinski definition) is 7. The number of ether oxygens (including phenoxy) is 1. The molecular formula is C34H34N6O3. The Morgan fingerprint density at radius 3 is 2.51 bits per heavy atom. The second kappa shape index (κ2) is 9.91. The van der Waals surface area contributed by atoms with Crippen LogP contribution in [0, 0.1) is 20.8 Å². The predicted octanol–water partition coefficient (Wildman–Crippen LogP) is 6.34. The Bertz CT molecular complexity index is 2050. The Morgan fingerprint density at radius 2 is 1.79 bits per heavy atom. The average Bonchev–Trinajstić information content (AvgIpc) is 3.51. The third-order valence-electron chi connectivity index (χ3n) is 8.45. The molecule has 9 heteroatoms. The monoisotopic (exact) mass is 574 g/mol. The lowest BCUT2D eigenvalue weighted by molar-refractivity contribution is 0.0654. The predicted molar refractivity (Wildman–Crippen MR) is 169 cm³/mol. The van der Waals surface area contributed by atoms with Crippen LogP contribution in [0.2, 0.25) is 0 Å². The Hall–Kier alpha value is -4.76. The number of fused-ring (bicyclic) bond motifs is 4. The molecular weight excluding hydrogens is 540 g/mol. The fraction of sp³-hybridized carbons (Fsp3) is 0.294. The molecule has 3 aromatic heterocycles. The molecule has 218 valence electrons. The maximum atomic E-state index is 13.8. The van der Waals surface area contributed by atoms with Crippen molar-refractivity contribution in [1.29, 1.82) is 0 Å². The Balaban J connectivity index is 1.43. The zero-order valence-electron chi connectivity index (χ0n) is 25.3. The lowest BCUT2D eigenvalue weighted by Crippen LogP contribution is -2.58. The first-order valence-corrected chi connectivity index (χ1v) is 14.5. The van der Waals surface area contributed by atoms with E-state index in [-0.39, 0.29) is 11.4 Å². The van der Waals surface area contributed by atoms with Crippen LogP contribution in [-0.2, 0) is 0 Å². The van der Waals surface area contributed by atoms with Gasteiger partial charge in [0.05, 0.1) is 29.4 Å². The SMILES string of the molecule is COc1cc2c(cc1-c1c(C)noc1C)[nH]c1nc(C)nc(-c3ccc(C(=O)N4CCNC(C)(C)C4)c4ccccc34)c12. The van der Waals surface area contributed by atoms with Crippen molar-refractivity contribution in [2.24, 2.45) is 0 Å². The van der Waals surface area contributed by atoms with Gasteiger partial charge >= 0.3 is 0 Å². The molecule has 1 aliphatic rings. The zero-order valence-corrected chi connectivity index (χ0v) is 25.3. The van der Waals surface area contributed by atoms with Gasteiger partial charge in [0.2, 0.25) is 0 Å². The van der Waals surface area contributed by atoms with Gasteiger partial charge in [0.15, 0.2) is 0 Å². The van der Waals surface area contributed by atoms with Crippen molar-refractivity contribution in [2.45, 2.75) is 40.2 Å². The van der Waals surface area contributed by atoms with Crippen LogP contribution in [0.3, 0.4) is 0 Å². The van der Waals surface area contributed by atoms with E-state index in [0.29, 0.717) is 30.2 Å². The van der Waals surface area contributed by atoms with Gasteiger partial charge in [-0.15, -0.1) is 0 Å². The van der Waals surface area contributed by atoms with Crippen molar-refractivity contribution >= 4 is 38.6 Å². The molecule has 1 aliphatic heterocycles. The average molecular weight is 575 g/mol. The van der Waals surface area contributed by atoms with Gasteiger partial charge in [-0.3, -0.25) is 4.79 Å². The second-order valence-electron chi connectivity index (χ2n) is 12.0. The van der Waals surface area contributed by atoms with Crippen molar-refractivity contribution in [3.05, 3.63) is 71.4 Å². The number of carbonyl (C=O) groups excluding carboxylic acids is 1. The third kappa shape index (κ3) is 4.42. The van der Waals surface area contributed by atoms with E-state index in [1.165, 1.54) is 0 Å². The number of methoxy groups -OCH3 is 1. The highest BCUT2D eigenvalue weighted by Crippen LogP contribution is 2.42. The summed E-state index contributed by atoms with van der Waals surface area (Å²) in [5.74, 6) is 2.14. The summed E-state index contributed by atoms with van der Waals surface area (Å²) < 4.78 is 11.3. The summed E-state index contributed by atoms with van der Waals surface area (Å²) in [4.78, 5) is 29.1. The van der Waals surface area contributed by atoms with Crippen molar-refractivity contribution in [3.63, 3.8) is 0 Å². The fourth-order valence-corrected chi connectivity index (χ4v) is 6.54. The van der Waals surface area contributed by atoms with E-state index in [4.69, 9.17) is 19.2 Å². The van der Waals surface area contributed by atoms with Crippen molar-refractivity contribution in [3.8, 4) is 28.1 Å². The number of H-pyrrole nitrogens is 1. The minimum atomic E-state index is -0.129. The Labute approximate surface area is 249 Å². The second-order valence-corrected chi connectivity index (χ2v) is 12.0. The van der Waals surface area contributed by atoms with Crippen LogP contribution in [0.15, 0.2) is 53.1 Å². The van der Waals surface area contributed by atoms with Gasteiger partial charge in [-0.2, -0.15) is 0 Å². The molecule has 0 atom stereocenters. The minimum absolute atomic E-state index is 0.0463. The molecule has 0 radical (unpaired) electrons. The van der Waals surface area contributed by atoms with Crippen LogP contribution < -0.4 is 10.1 Å². The molecule has 3 aromatic carbocycles. The van der Waals surface area contributed by atoms with Crippen LogP contribution in [-0.4, -0.2) is 63.2 Å². The number of hydrogen-bond donors (Lipinski definition) is 2. The summed E-state index contributed by atoms with van der Waals surface area (Å²) >= 11 is 0. The number of nitrogens with zero attached hydrogens (tertiary/aromatic N) is 4. The zero-order chi connectivity index (χ0) is 30.0. The summed E-state index contributed by atoms with van der Waals surface area (Å²) in [7, 11) is 1.67. The summed E-state index contributed by atoms with van der Waals surface area (Å²) in [5, 5.41) is 11.4. The van der Waals surface area contributed by atoms with E-state index in [1.807, 2.05) is 62.1 Å². The number of aromatic amines is 1. The molecule has 1 fully saturated rings. The number of rotatable bonds is 4. The van der Waals surface area contributed by atoms with Gasteiger partial charge in [-0.25, -0.2) is 9.97 Å². The number of piperazine rings is 1. The lowest BCUT2D eigenvalue weighted by Gasteiger charge is -2.39. The first-order chi connectivity index (χ1) is 20.6. The van der Waals surface area contributed by atoms with Crippen molar-refractivity contribution < 1.29 is 14.1 Å². The molecule has 43 heavy (non-hydrogen) atoms. The van der Waals surface area contributed by atoms with Gasteiger partial charge in [0.25, 0.3) is 5.91 Å². The van der Waals surface area contributed by atoms with E-state index >= 15 is 0 Å². The highest BCUT2D eigenvalue weighted by molar-refractivity contribution is 6.17. The molecule has 4 heterocycles. The van der Waals surface area contributed by atoms with Crippen molar-refractivity contribution in [1.82, 2.24) is 30.3 Å². The third-order valence-corrected chi connectivity index (χ3v) is 8.45.